The maximum absolute atomic E-state index is 9.93. The molecule has 1 saturated carbocycles. The maximum atomic E-state index is 9.93. The lowest BCUT2D eigenvalue weighted by molar-refractivity contribution is -0.109. The second kappa shape index (κ2) is 2.62. The minimum absolute atomic E-state index is 0.632. The third-order valence-electron chi connectivity index (χ3n) is 1.72. The van der Waals surface area contributed by atoms with Crippen LogP contribution in [0, 0.1) is 5.92 Å². The van der Waals surface area contributed by atoms with Crippen LogP contribution in [0.3, 0.4) is 0 Å². The van der Waals surface area contributed by atoms with E-state index in [1.54, 1.807) is 0 Å². The standard InChI is InChI=1S/C6H9BrO/c7-6-2-1-5(6)3-4-8/h4-6H,1-3H2/t5?,6-/m1/s1. The Labute approximate surface area is 57.6 Å². The van der Waals surface area contributed by atoms with Gasteiger partial charge in [0.2, 0.25) is 0 Å². The summed E-state index contributed by atoms with van der Waals surface area (Å²) in [5.74, 6) is 0.646. The molecule has 0 bridgehead atoms. The summed E-state index contributed by atoms with van der Waals surface area (Å²) in [7, 11) is 0. The summed E-state index contributed by atoms with van der Waals surface area (Å²) in [6.45, 7) is 0. The van der Waals surface area contributed by atoms with Crippen LogP contribution < -0.4 is 0 Å². The number of rotatable bonds is 2. The van der Waals surface area contributed by atoms with Crippen molar-refractivity contribution < 1.29 is 4.79 Å². The lowest BCUT2D eigenvalue weighted by atomic mass is 9.83. The number of halogens is 1. The Balaban J connectivity index is 2.16. The van der Waals surface area contributed by atoms with Crippen LogP contribution in [0.2, 0.25) is 0 Å². The summed E-state index contributed by atoms with van der Waals surface area (Å²) in [6.07, 6.45) is 4.24. The van der Waals surface area contributed by atoms with E-state index in [1.165, 1.54) is 12.8 Å². The van der Waals surface area contributed by atoms with Crippen molar-refractivity contribution in [1.82, 2.24) is 0 Å². The highest BCUT2D eigenvalue weighted by Gasteiger charge is 2.27. The molecule has 2 atom stereocenters. The van der Waals surface area contributed by atoms with Gasteiger partial charge in [0, 0.05) is 11.2 Å². The lowest BCUT2D eigenvalue weighted by Crippen LogP contribution is -2.25. The normalized spacial score (nSPS) is 36.1. The van der Waals surface area contributed by atoms with Crippen LogP contribution in [-0.2, 0) is 4.79 Å². The third-order valence-corrected chi connectivity index (χ3v) is 2.93. The summed E-state index contributed by atoms with van der Waals surface area (Å²) < 4.78 is 0. The van der Waals surface area contributed by atoms with Gasteiger partial charge in [0.15, 0.2) is 0 Å². The van der Waals surface area contributed by atoms with Gasteiger partial charge in [0.05, 0.1) is 0 Å². The lowest BCUT2D eigenvalue weighted by Gasteiger charge is -2.30. The zero-order chi connectivity index (χ0) is 5.98. The number of carbonyl (C=O) groups is 1. The zero-order valence-corrected chi connectivity index (χ0v) is 6.23. The van der Waals surface area contributed by atoms with Gasteiger partial charge in [-0.1, -0.05) is 15.9 Å². The Bertz CT molecular complexity index is 92.5. The van der Waals surface area contributed by atoms with Crippen LogP contribution in [0.15, 0.2) is 0 Å². The Morgan fingerprint density at radius 2 is 2.38 bits per heavy atom. The van der Waals surface area contributed by atoms with Crippen LogP contribution in [-0.4, -0.2) is 11.1 Å². The van der Waals surface area contributed by atoms with E-state index in [1.807, 2.05) is 0 Å². The molecule has 0 aromatic rings. The smallest absolute Gasteiger partial charge is 0.120 e. The van der Waals surface area contributed by atoms with Crippen LogP contribution in [0.5, 0.6) is 0 Å². The van der Waals surface area contributed by atoms with Crippen LogP contribution in [0.1, 0.15) is 19.3 Å². The monoisotopic (exact) mass is 176 g/mol. The molecule has 1 unspecified atom stereocenters. The van der Waals surface area contributed by atoms with Crippen molar-refractivity contribution in [1.29, 1.82) is 0 Å². The van der Waals surface area contributed by atoms with Gasteiger partial charge in [-0.25, -0.2) is 0 Å². The quantitative estimate of drug-likeness (QED) is 0.463. The Morgan fingerprint density at radius 3 is 2.50 bits per heavy atom. The fraction of sp³-hybridized carbons (Fsp3) is 0.833. The molecule has 8 heavy (non-hydrogen) atoms. The van der Waals surface area contributed by atoms with E-state index in [0.29, 0.717) is 10.7 Å². The number of aldehydes is 1. The molecule has 1 fully saturated rings. The first-order chi connectivity index (χ1) is 3.84. The minimum Gasteiger partial charge on any atom is -0.303 e. The number of hydrogen-bond donors (Lipinski definition) is 0. The zero-order valence-electron chi connectivity index (χ0n) is 4.64. The number of hydrogen-bond acceptors (Lipinski definition) is 1. The first kappa shape index (κ1) is 6.27. The summed E-state index contributed by atoms with van der Waals surface area (Å²) in [6, 6.07) is 0. The summed E-state index contributed by atoms with van der Waals surface area (Å²) in [5, 5.41) is 0. The molecular formula is C6H9BrO. The van der Waals surface area contributed by atoms with Gasteiger partial charge in [-0.2, -0.15) is 0 Å². The summed E-state index contributed by atoms with van der Waals surface area (Å²) >= 11 is 3.47. The van der Waals surface area contributed by atoms with Crippen LogP contribution in [0.25, 0.3) is 0 Å². The molecule has 0 heterocycles. The molecule has 0 aliphatic heterocycles. The van der Waals surface area contributed by atoms with Crippen molar-refractivity contribution in [2.75, 3.05) is 0 Å². The Morgan fingerprint density at radius 1 is 1.62 bits per heavy atom. The van der Waals surface area contributed by atoms with Crippen molar-refractivity contribution in [3.8, 4) is 0 Å². The van der Waals surface area contributed by atoms with Crippen LogP contribution in [0.4, 0.5) is 0 Å². The first-order valence-corrected chi connectivity index (χ1v) is 3.84. The molecule has 1 aliphatic carbocycles. The minimum atomic E-state index is 0.632. The topological polar surface area (TPSA) is 17.1 Å². The Hall–Kier alpha value is 0.150. The van der Waals surface area contributed by atoms with Gasteiger partial charge in [-0.15, -0.1) is 0 Å². The molecule has 1 nitrogen and oxygen atoms in total. The highest BCUT2D eigenvalue weighted by atomic mass is 79.9. The first-order valence-electron chi connectivity index (χ1n) is 2.92. The van der Waals surface area contributed by atoms with Gasteiger partial charge in [-0.05, 0) is 18.8 Å². The average molecular weight is 177 g/mol. The largest absolute Gasteiger partial charge is 0.303 e. The van der Waals surface area contributed by atoms with E-state index < -0.39 is 0 Å². The van der Waals surface area contributed by atoms with E-state index in [4.69, 9.17) is 0 Å². The number of carbonyl (C=O) groups excluding carboxylic acids is 1. The predicted molar refractivity (Wildman–Crippen MR) is 36.1 cm³/mol. The van der Waals surface area contributed by atoms with Crippen molar-refractivity contribution in [2.24, 2.45) is 5.92 Å². The van der Waals surface area contributed by atoms with Crippen molar-refractivity contribution in [3.63, 3.8) is 0 Å². The summed E-state index contributed by atoms with van der Waals surface area (Å²) in [4.78, 5) is 10.6. The molecule has 0 aromatic carbocycles. The van der Waals surface area contributed by atoms with Gasteiger partial charge >= 0.3 is 0 Å². The van der Waals surface area contributed by atoms with Gasteiger partial charge < -0.3 is 4.79 Å². The molecule has 0 aromatic heterocycles. The van der Waals surface area contributed by atoms with Gasteiger partial charge in [0.1, 0.15) is 6.29 Å². The molecule has 1 rings (SSSR count). The van der Waals surface area contributed by atoms with E-state index >= 15 is 0 Å². The average Bonchev–Trinajstić information content (AvgIpc) is 1.79. The maximum Gasteiger partial charge on any atom is 0.120 e. The Kier molecular flexibility index (Phi) is 2.06. The fourth-order valence-corrected chi connectivity index (χ4v) is 1.66. The molecular weight excluding hydrogens is 168 g/mol. The number of alkyl halides is 1. The van der Waals surface area contributed by atoms with Crippen molar-refractivity contribution >= 4 is 22.2 Å². The predicted octanol–water partition coefficient (Wildman–Crippen LogP) is 1.75. The molecule has 0 N–H and O–H groups in total. The molecule has 0 spiro atoms. The van der Waals surface area contributed by atoms with Crippen molar-refractivity contribution in [3.05, 3.63) is 0 Å². The van der Waals surface area contributed by atoms with Crippen molar-refractivity contribution in [2.45, 2.75) is 24.1 Å². The van der Waals surface area contributed by atoms with E-state index in [-0.39, 0.29) is 0 Å². The van der Waals surface area contributed by atoms with Gasteiger partial charge in [-0.3, -0.25) is 0 Å². The highest BCUT2D eigenvalue weighted by Crippen LogP contribution is 2.35. The molecule has 1 aliphatic rings. The third kappa shape index (κ3) is 1.10. The second-order valence-electron chi connectivity index (χ2n) is 2.26. The molecule has 46 valence electrons. The van der Waals surface area contributed by atoms with Gasteiger partial charge in [0.25, 0.3) is 0 Å². The molecule has 0 radical (unpaired) electrons. The molecule has 0 amide bonds. The SMILES string of the molecule is O=CCC1CC[C@H]1Br. The molecule has 2 heteroatoms. The van der Waals surface area contributed by atoms with E-state index in [2.05, 4.69) is 15.9 Å². The summed E-state index contributed by atoms with van der Waals surface area (Å²) in [5.41, 5.74) is 0. The second-order valence-corrected chi connectivity index (χ2v) is 3.43. The molecule has 0 saturated heterocycles. The van der Waals surface area contributed by atoms with E-state index in [0.717, 1.165) is 12.7 Å². The van der Waals surface area contributed by atoms with Crippen LogP contribution >= 0.6 is 15.9 Å². The fourth-order valence-electron chi connectivity index (χ4n) is 0.917. The van der Waals surface area contributed by atoms with E-state index in [9.17, 15) is 4.79 Å². The highest BCUT2D eigenvalue weighted by molar-refractivity contribution is 9.09.